The molecule has 0 aromatic carbocycles. The van der Waals surface area contributed by atoms with E-state index in [0.717, 1.165) is 0 Å². The van der Waals surface area contributed by atoms with Crippen molar-refractivity contribution in [2.75, 3.05) is 13.2 Å². The molecule has 2 unspecified atom stereocenters. The van der Waals surface area contributed by atoms with Gasteiger partial charge in [0.1, 0.15) is 6.61 Å². The van der Waals surface area contributed by atoms with Crippen LogP contribution in [-0.4, -0.2) is 25.3 Å². The molecule has 0 N–H and O–H groups in total. The van der Waals surface area contributed by atoms with Crippen molar-refractivity contribution in [2.24, 2.45) is 5.92 Å². The minimum atomic E-state index is -0.149. The predicted octanol–water partition coefficient (Wildman–Crippen LogP) is 0.584. The maximum Gasteiger partial charge on any atom is 0.311 e. The zero-order valence-electron chi connectivity index (χ0n) is 6.29. The number of hydrogen-bond acceptors (Lipinski definition) is 3. The maximum absolute atomic E-state index is 10.9. The number of carbonyl (C=O) groups is 1. The van der Waals surface area contributed by atoms with Gasteiger partial charge in [0.15, 0.2) is 0 Å². The normalized spacial score (nSPS) is 34.8. The Labute approximate surface area is 60.3 Å². The molecular weight excluding hydrogens is 132 g/mol. The lowest BCUT2D eigenvalue weighted by Gasteiger charge is -2.05. The van der Waals surface area contributed by atoms with Crippen molar-refractivity contribution in [3.63, 3.8) is 0 Å². The lowest BCUT2D eigenvalue weighted by Crippen LogP contribution is -2.14. The van der Waals surface area contributed by atoms with Gasteiger partial charge in [0.05, 0.1) is 18.6 Å². The van der Waals surface area contributed by atoms with Crippen molar-refractivity contribution in [1.29, 1.82) is 0 Å². The zero-order chi connectivity index (χ0) is 7.56. The fraction of sp³-hybridized carbons (Fsp3) is 0.857. The Morgan fingerprint density at radius 1 is 1.40 bits per heavy atom. The minimum absolute atomic E-state index is 0.0499. The second-order valence-corrected chi connectivity index (χ2v) is 2.68. The second-order valence-electron chi connectivity index (χ2n) is 2.68. The Morgan fingerprint density at radius 2 is 2.10 bits per heavy atom. The second kappa shape index (κ2) is 3.01. The molecule has 0 amide bonds. The molecule has 3 heteroatoms. The molecule has 1 fully saturated rings. The van der Waals surface area contributed by atoms with Gasteiger partial charge in [0.2, 0.25) is 0 Å². The van der Waals surface area contributed by atoms with E-state index >= 15 is 0 Å². The molecule has 0 spiro atoms. The van der Waals surface area contributed by atoms with Gasteiger partial charge in [0.25, 0.3) is 0 Å². The van der Waals surface area contributed by atoms with Gasteiger partial charge in [0, 0.05) is 0 Å². The molecule has 1 aliphatic heterocycles. The summed E-state index contributed by atoms with van der Waals surface area (Å²) in [5, 5.41) is 0. The van der Waals surface area contributed by atoms with Gasteiger partial charge in [-0.25, -0.2) is 0 Å². The summed E-state index contributed by atoms with van der Waals surface area (Å²) in [4.78, 5) is 10.9. The topological polar surface area (TPSA) is 35.5 Å². The third-order valence-electron chi connectivity index (χ3n) is 1.49. The largest absolute Gasteiger partial charge is 0.463 e. The maximum atomic E-state index is 10.9. The zero-order valence-corrected chi connectivity index (χ0v) is 6.29. The molecule has 1 aliphatic rings. The highest BCUT2D eigenvalue weighted by Gasteiger charge is 2.20. The molecule has 0 radical (unpaired) electrons. The fourth-order valence-corrected chi connectivity index (χ4v) is 0.767. The summed E-state index contributed by atoms with van der Waals surface area (Å²) in [7, 11) is 0. The van der Waals surface area contributed by atoms with Crippen LogP contribution in [0, 0.1) is 5.92 Å². The van der Waals surface area contributed by atoms with Gasteiger partial charge in [-0.3, -0.25) is 4.79 Å². The standard InChI is InChI=1S/C7H12O3/c1-5-3-9-6(2)4-10-7(5)8/h5-6H,3-4H2,1-2H3. The number of carbonyl (C=O) groups excluding carboxylic acids is 1. The molecule has 1 saturated heterocycles. The molecule has 10 heavy (non-hydrogen) atoms. The summed E-state index contributed by atoms with van der Waals surface area (Å²) in [5.41, 5.74) is 0. The summed E-state index contributed by atoms with van der Waals surface area (Å²) in [5.74, 6) is -0.255. The molecule has 0 aromatic rings. The minimum Gasteiger partial charge on any atom is -0.463 e. The molecule has 0 bridgehead atoms. The van der Waals surface area contributed by atoms with Crippen molar-refractivity contribution in [3.8, 4) is 0 Å². The molecular formula is C7H12O3. The predicted molar refractivity (Wildman–Crippen MR) is 35.5 cm³/mol. The van der Waals surface area contributed by atoms with E-state index in [4.69, 9.17) is 9.47 Å². The SMILES string of the molecule is CC1COC(=O)C(C)CO1. The van der Waals surface area contributed by atoms with Crippen LogP contribution in [0.4, 0.5) is 0 Å². The van der Waals surface area contributed by atoms with Crippen LogP contribution in [0.2, 0.25) is 0 Å². The summed E-state index contributed by atoms with van der Waals surface area (Å²) in [6.07, 6.45) is 0.0499. The molecule has 58 valence electrons. The monoisotopic (exact) mass is 144 g/mol. The molecule has 0 aliphatic carbocycles. The van der Waals surface area contributed by atoms with E-state index in [1.807, 2.05) is 6.92 Å². The summed E-state index contributed by atoms with van der Waals surface area (Å²) < 4.78 is 10.1. The first-order chi connectivity index (χ1) is 4.70. The molecule has 1 heterocycles. The van der Waals surface area contributed by atoms with Crippen LogP contribution in [0.5, 0.6) is 0 Å². The Kier molecular flexibility index (Phi) is 2.27. The highest BCUT2D eigenvalue weighted by Crippen LogP contribution is 2.07. The van der Waals surface area contributed by atoms with E-state index in [9.17, 15) is 4.79 Å². The fourth-order valence-electron chi connectivity index (χ4n) is 0.767. The lowest BCUT2D eigenvalue weighted by molar-refractivity contribution is -0.146. The lowest BCUT2D eigenvalue weighted by atomic mass is 10.2. The molecule has 3 nitrogen and oxygen atoms in total. The quantitative estimate of drug-likeness (QED) is 0.467. The number of ether oxygens (including phenoxy) is 2. The third kappa shape index (κ3) is 1.70. The first kappa shape index (κ1) is 7.54. The first-order valence-electron chi connectivity index (χ1n) is 3.48. The van der Waals surface area contributed by atoms with Crippen LogP contribution in [-0.2, 0) is 14.3 Å². The molecule has 1 rings (SSSR count). The van der Waals surface area contributed by atoms with Gasteiger partial charge in [-0.15, -0.1) is 0 Å². The molecule has 2 atom stereocenters. The third-order valence-corrected chi connectivity index (χ3v) is 1.49. The average Bonchev–Trinajstić information content (AvgIpc) is 2.04. The van der Waals surface area contributed by atoms with E-state index in [2.05, 4.69) is 0 Å². The summed E-state index contributed by atoms with van der Waals surface area (Å²) in [6, 6.07) is 0. The van der Waals surface area contributed by atoms with Crippen LogP contribution in [0.25, 0.3) is 0 Å². The van der Waals surface area contributed by atoms with E-state index in [-0.39, 0.29) is 18.0 Å². The van der Waals surface area contributed by atoms with Gasteiger partial charge in [-0.2, -0.15) is 0 Å². The van der Waals surface area contributed by atoms with Crippen molar-refractivity contribution < 1.29 is 14.3 Å². The van der Waals surface area contributed by atoms with Gasteiger partial charge in [-0.05, 0) is 13.8 Å². The van der Waals surface area contributed by atoms with Crippen molar-refractivity contribution in [3.05, 3.63) is 0 Å². The van der Waals surface area contributed by atoms with E-state index in [0.29, 0.717) is 13.2 Å². The van der Waals surface area contributed by atoms with Crippen LogP contribution in [0.3, 0.4) is 0 Å². The van der Waals surface area contributed by atoms with E-state index in [1.54, 1.807) is 6.92 Å². The number of rotatable bonds is 0. The summed E-state index contributed by atoms with van der Waals surface area (Å²) in [6.45, 7) is 4.58. The van der Waals surface area contributed by atoms with Gasteiger partial charge >= 0.3 is 5.97 Å². The van der Waals surface area contributed by atoms with Gasteiger partial charge in [-0.1, -0.05) is 0 Å². The van der Waals surface area contributed by atoms with E-state index in [1.165, 1.54) is 0 Å². The number of esters is 1. The summed E-state index contributed by atoms with van der Waals surface area (Å²) >= 11 is 0. The van der Waals surface area contributed by atoms with E-state index < -0.39 is 0 Å². The average molecular weight is 144 g/mol. The van der Waals surface area contributed by atoms with Crippen LogP contribution in [0.15, 0.2) is 0 Å². The smallest absolute Gasteiger partial charge is 0.311 e. The van der Waals surface area contributed by atoms with Crippen LogP contribution in [0.1, 0.15) is 13.8 Å². The number of hydrogen-bond donors (Lipinski definition) is 0. The first-order valence-corrected chi connectivity index (χ1v) is 3.48. The Hall–Kier alpha value is -0.570. The van der Waals surface area contributed by atoms with Crippen LogP contribution >= 0.6 is 0 Å². The van der Waals surface area contributed by atoms with Crippen molar-refractivity contribution >= 4 is 5.97 Å². The molecule has 0 saturated carbocycles. The molecule has 0 aromatic heterocycles. The van der Waals surface area contributed by atoms with Gasteiger partial charge < -0.3 is 9.47 Å². The van der Waals surface area contributed by atoms with Crippen LogP contribution < -0.4 is 0 Å². The Morgan fingerprint density at radius 3 is 2.80 bits per heavy atom. The Balaban J connectivity index is 2.46. The van der Waals surface area contributed by atoms with Crippen molar-refractivity contribution in [1.82, 2.24) is 0 Å². The highest BCUT2D eigenvalue weighted by atomic mass is 16.6. The Bertz CT molecular complexity index is 133. The van der Waals surface area contributed by atoms with Crippen molar-refractivity contribution in [2.45, 2.75) is 20.0 Å². The highest BCUT2D eigenvalue weighted by molar-refractivity contribution is 5.72. The number of cyclic esters (lactones) is 1.